The Morgan fingerprint density at radius 2 is 1.68 bits per heavy atom. The van der Waals surface area contributed by atoms with E-state index in [1.54, 1.807) is 0 Å². The van der Waals surface area contributed by atoms with Crippen LogP contribution in [0.5, 0.6) is 0 Å². The van der Waals surface area contributed by atoms with Crippen LogP contribution in [0.2, 0.25) is 0 Å². The van der Waals surface area contributed by atoms with E-state index in [9.17, 15) is 10.2 Å². The van der Waals surface area contributed by atoms with Crippen LogP contribution >= 0.6 is 0 Å². The third-order valence-corrected chi connectivity index (χ3v) is 13.6. The highest BCUT2D eigenvalue weighted by atomic mass is 16.5. The van der Waals surface area contributed by atoms with Crippen molar-refractivity contribution >= 4 is 0 Å². The van der Waals surface area contributed by atoms with Gasteiger partial charge in [-0.2, -0.15) is 0 Å². The highest BCUT2D eigenvalue weighted by Crippen LogP contribution is 2.88. The van der Waals surface area contributed by atoms with Crippen LogP contribution in [0, 0.1) is 44.8 Å². The van der Waals surface area contributed by atoms with Gasteiger partial charge in [0.2, 0.25) is 0 Å². The van der Waals surface area contributed by atoms with Gasteiger partial charge in [-0.05, 0) is 111 Å². The fourth-order valence-corrected chi connectivity index (χ4v) is 12.3. The molecule has 1 heterocycles. The van der Waals surface area contributed by atoms with E-state index < -0.39 is 11.2 Å². The summed E-state index contributed by atoms with van der Waals surface area (Å²) in [6, 6.07) is 0. The number of fused-ring (bicyclic) bond motifs is 2. The number of aliphatic hydroxyl groups is 2. The zero-order valence-corrected chi connectivity index (χ0v) is 26.2. The second-order valence-electron chi connectivity index (χ2n) is 16.4. The molecule has 5 aliphatic rings. The largest absolute Gasteiger partial charge is 0.393 e. The number of ether oxygens (including phenoxy) is 3. The average molecular weight is 535 g/mol. The van der Waals surface area contributed by atoms with E-state index >= 15 is 0 Å². The highest BCUT2D eigenvalue weighted by Gasteiger charge is 2.83. The molecular formula is C33H58O5. The minimum absolute atomic E-state index is 0.0146. The molecule has 11 atom stereocenters. The van der Waals surface area contributed by atoms with Crippen molar-refractivity contribution in [1.82, 2.24) is 0 Å². The van der Waals surface area contributed by atoms with E-state index in [4.69, 9.17) is 14.2 Å². The van der Waals surface area contributed by atoms with Crippen molar-refractivity contribution in [3.05, 3.63) is 0 Å². The summed E-state index contributed by atoms with van der Waals surface area (Å²) in [4.78, 5) is 0. The lowest BCUT2D eigenvalue weighted by Crippen LogP contribution is -2.60. The van der Waals surface area contributed by atoms with Crippen LogP contribution in [0.3, 0.4) is 0 Å². The lowest BCUT2D eigenvalue weighted by molar-refractivity contribution is -0.204. The van der Waals surface area contributed by atoms with Gasteiger partial charge >= 0.3 is 0 Å². The Morgan fingerprint density at radius 3 is 2.24 bits per heavy atom. The Labute approximate surface area is 232 Å². The third-order valence-electron chi connectivity index (χ3n) is 13.6. The summed E-state index contributed by atoms with van der Waals surface area (Å²) in [7, 11) is 3.77. The van der Waals surface area contributed by atoms with Crippen molar-refractivity contribution in [2.24, 2.45) is 44.8 Å². The van der Waals surface area contributed by atoms with Crippen LogP contribution in [0.25, 0.3) is 0 Å². The summed E-state index contributed by atoms with van der Waals surface area (Å²) >= 11 is 0. The van der Waals surface area contributed by atoms with Gasteiger partial charge in [-0.3, -0.25) is 0 Å². The first kappa shape index (κ1) is 29.3. The predicted molar refractivity (Wildman–Crippen MR) is 151 cm³/mol. The fraction of sp³-hybridized carbons (Fsp3) is 1.00. The SMILES string of the molecule is CCCC12CC13CCC1(C)C([C@@]4(C)CCC(C(C)(C)O)O4)C(O)C[C@@]1(C)C3C[C@H](OC)[C@H]2C(C)(C)COC. The third kappa shape index (κ3) is 3.66. The van der Waals surface area contributed by atoms with Crippen molar-refractivity contribution in [2.75, 3.05) is 20.8 Å². The molecule has 4 saturated carbocycles. The molecule has 7 unspecified atom stereocenters. The van der Waals surface area contributed by atoms with Gasteiger partial charge < -0.3 is 24.4 Å². The first-order valence-corrected chi connectivity index (χ1v) is 15.6. The van der Waals surface area contributed by atoms with Crippen molar-refractivity contribution in [2.45, 2.75) is 143 Å². The zero-order chi connectivity index (χ0) is 28.2. The molecule has 5 fully saturated rings. The zero-order valence-electron chi connectivity index (χ0n) is 26.2. The molecule has 5 nitrogen and oxygen atoms in total. The molecule has 0 radical (unpaired) electrons. The second-order valence-corrected chi connectivity index (χ2v) is 16.4. The maximum absolute atomic E-state index is 11.9. The molecule has 38 heavy (non-hydrogen) atoms. The first-order chi connectivity index (χ1) is 17.5. The van der Waals surface area contributed by atoms with E-state index in [-0.39, 0.29) is 40.5 Å². The maximum Gasteiger partial charge on any atom is 0.0865 e. The number of aliphatic hydroxyl groups excluding tert-OH is 1. The minimum Gasteiger partial charge on any atom is -0.393 e. The molecule has 1 spiro atoms. The molecule has 5 rings (SSSR count). The number of hydrogen-bond acceptors (Lipinski definition) is 5. The molecule has 2 N–H and O–H groups in total. The first-order valence-electron chi connectivity index (χ1n) is 15.6. The lowest BCUT2D eigenvalue weighted by Gasteiger charge is -2.63. The molecule has 220 valence electrons. The smallest absolute Gasteiger partial charge is 0.0865 e. The summed E-state index contributed by atoms with van der Waals surface area (Å²) in [5.74, 6) is 1.09. The summed E-state index contributed by atoms with van der Waals surface area (Å²) in [5.41, 5.74) is -0.588. The summed E-state index contributed by atoms with van der Waals surface area (Å²) in [6.45, 7) is 18.9. The Kier molecular flexibility index (Phi) is 6.86. The molecule has 0 aromatic rings. The number of methoxy groups -OCH3 is 2. The topological polar surface area (TPSA) is 68.2 Å². The summed E-state index contributed by atoms with van der Waals surface area (Å²) in [6.07, 6.45) is 9.48. The van der Waals surface area contributed by atoms with Crippen molar-refractivity contribution in [3.63, 3.8) is 0 Å². The van der Waals surface area contributed by atoms with Crippen LogP contribution in [-0.4, -0.2) is 60.6 Å². The molecule has 1 saturated heterocycles. The Bertz CT molecular complexity index is 912. The van der Waals surface area contributed by atoms with E-state index in [1.165, 1.54) is 25.7 Å². The van der Waals surface area contributed by atoms with Gasteiger partial charge in [0.25, 0.3) is 0 Å². The standard InChI is InChI=1S/C33H58O5/c1-11-13-33-19-32(33)16-15-29(6)25(31(8)14-12-24(38-31)28(4,5)35)21(34)18-30(29,7)23(32)17-22(37-10)26(33)27(2,3)20-36-9/h21-26,34-35H,11-20H2,1-10H3/t21?,22-,23?,24?,25?,26-,29?,30-,31+,32?,33?/m0/s1. The quantitative estimate of drug-likeness (QED) is 0.378. The van der Waals surface area contributed by atoms with Crippen molar-refractivity contribution < 1.29 is 24.4 Å². The molecule has 0 aromatic carbocycles. The molecule has 0 amide bonds. The molecule has 5 heteroatoms. The molecule has 1 aliphatic heterocycles. The lowest BCUT2D eigenvalue weighted by atomic mass is 9.42. The van der Waals surface area contributed by atoms with E-state index in [1.807, 2.05) is 28.1 Å². The highest BCUT2D eigenvalue weighted by molar-refractivity contribution is 5.32. The molecular weight excluding hydrogens is 476 g/mol. The number of hydrogen-bond donors (Lipinski definition) is 2. The van der Waals surface area contributed by atoms with Crippen LogP contribution in [-0.2, 0) is 14.2 Å². The van der Waals surface area contributed by atoms with Crippen LogP contribution in [0.15, 0.2) is 0 Å². The van der Waals surface area contributed by atoms with Gasteiger partial charge in [-0.1, -0.05) is 41.0 Å². The van der Waals surface area contributed by atoms with Crippen molar-refractivity contribution in [3.8, 4) is 0 Å². The molecule has 0 bridgehead atoms. The van der Waals surface area contributed by atoms with Gasteiger partial charge in [0.15, 0.2) is 0 Å². The van der Waals surface area contributed by atoms with Crippen molar-refractivity contribution in [1.29, 1.82) is 0 Å². The van der Waals surface area contributed by atoms with Crippen LogP contribution in [0.1, 0.15) is 113 Å². The van der Waals surface area contributed by atoms with Crippen LogP contribution < -0.4 is 0 Å². The Hall–Kier alpha value is -0.200. The van der Waals surface area contributed by atoms with Crippen LogP contribution in [0.4, 0.5) is 0 Å². The fourth-order valence-electron chi connectivity index (χ4n) is 12.3. The predicted octanol–water partition coefficient (Wildman–Crippen LogP) is 6.38. The Balaban J connectivity index is 1.54. The minimum atomic E-state index is -0.866. The molecule has 0 aromatic heterocycles. The van der Waals surface area contributed by atoms with E-state index in [0.29, 0.717) is 22.7 Å². The normalized spacial score (nSPS) is 52.4. The van der Waals surface area contributed by atoms with E-state index in [2.05, 4.69) is 41.5 Å². The monoisotopic (exact) mass is 534 g/mol. The average Bonchev–Trinajstić information content (AvgIpc) is 3.16. The maximum atomic E-state index is 11.9. The van der Waals surface area contributed by atoms with Gasteiger partial charge in [0.05, 0.1) is 36.1 Å². The summed E-state index contributed by atoms with van der Waals surface area (Å²) in [5, 5.41) is 22.7. The van der Waals surface area contributed by atoms with E-state index in [0.717, 1.165) is 38.7 Å². The second kappa shape index (κ2) is 8.90. The van der Waals surface area contributed by atoms with Gasteiger partial charge in [0.1, 0.15) is 0 Å². The van der Waals surface area contributed by atoms with Gasteiger partial charge in [0, 0.05) is 20.1 Å². The van der Waals surface area contributed by atoms with Gasteiger partial charge in [-0.25, -0.2) is 0 Å². The molecule has 4 aliphatic carbocycles. The Morgan fingerprint density at radius 1 is 1.00 bits per heavy atom. The number of rotatable bonds is 8. The van der Waals surface area contributed by atoms with Gasteiger partial charge in [-0.15, -0.1) is 0 Å². The summed E-state index contributed by atoms with van der Waals surface area (Å²) < 4.78 is 19.0.